The summed E-state index contributed by atoms with van der Waals surface area (Å²) in [5.41, 5.74) is 1.46. The molecule has 0 aliphatic carbocycles. The second-order valence-electron chi connectivity index (χ2n) is 5.93. The molecule has 1 fully saturated rings. The van der Waals surface area contributed by atoms with E-state index in [1.165, 1.54) is 31.6 Å². The van der Waals surface area contributed by atoms with Crippen LogP contribution in [0, 0.1) is 11.8 Å². The molecule has 1 aromatic rings. The van der Waals surface area contributed by atoms with E-state index in [2.05, 4.69) is 65.0 Å². The summed E-state index contributed by atoms with van der Waals surface area (Å²) in [5, 5.41) is 1.05. The summed E-state index contributed by atoms with van der Waals surface area (Å²) in [6, 6.07) is 10.9. The minimum absolute atomic E-state index is 0.615. The van der Waals surface area contributed by atoms with Gasteiger partial charge in [0.15, 0.2) is 0 Å². The SMILES string of the molecule is CC1CC(C)CN(CC(CBr)c2ccccc2)C1. The smallest absolute Gasteiger partial charge is 0.0112 e. The van der Waals surface area contributed by atoms with Crippen molar-refractivity contribution >= 4 is 15.9 Å². The molecule has 1 heterocycles. The van der Waals surface area contributed by atoms with Gasteiger partial charge in [0.2, 0.25) is 0 Å². The van der Waals surface area contributed by atoms with Crippen molar-refractivity contribution in [2.24, 2.45) is 11.8 Å². The molecule has 2 heteroatoms. The standard InChI is InChI=1S/C16H24BrN/c1-13-8-14(2)11-18(10-13)12-16(9-17)15-6-4-3-5-7-15/h3-7,13-14,16H,8-12H2,1-2H3. The molecule has 1 aliphatic rings. The Balaban J connectivity index is 1.98. The van der Waals surface area contributed by atoms with Gasteiger partial charge in [-0.3, -0.25) is 0 Å². The van der Waals surface area contributed by atoms with Gasteiger partial charge in [-0.05, 0) is 23.8 Å². The van der Waals surface area contributed by atoms with E-state index in [0.717, 1.165) is 17.2 Å². The van der Waals surface area contributed by atoms with Crippen molar-refractivity contribution in [3.8, 4) is 0 Å². The van der Waals surface area contributed by atoms with Crippen molar-refractivity contribution in [3.05, 3.63) is 35.9 Å². The lowest BCUT2D eigenvalue weighted by Gasteiger charge is -2.36. The summed E-state index contributed by atoms with van der Waals surface area (Å²) in [6.07, 6.45) is 1.39. The molecule has 0 spiro atoms. The van der Waals surface area contributed by atoms with Crippen LogP contribution in [0.15, 0.2) is 30.3 Å². The van der Waals surface area contributed by atoms with Crippen molar-refractivity contribution in [3.63, 3.8) is 0 Å². The summed E-state index contributed by atoms with van der Waals surface area (Å²) in [5.74, 6) is 2.31. The van der Waals surface area contributed by atoms with Crippen LogP contribution in [-0.2, 0) is 0 Å². The summed E-state index contributed by atoms with van der Waals surface area (Å²) < 4.78 is 0. The molecule has 2 rings (SSSR count). The zero-order valence-electron chi connectivity index (χ0n) is 11.5. The molecule has 0 amide bonds. The number of benzene rings is 1. The second-order valence-corrected chi connectivity index (χ2v) is 6.57. The molecule has 0 radical (unpaired) electrons. The van der Waals surface area contributed by atoms with Crippen molar-refractivity contribution in [2.45, 2.75) is 26.2 Å². The maximum absolute atomic E-state index is 3.68. The van der Waals surface area contributed by atoms with Gasteiger partial charge in [0.1, 0.15) is 0 Å². The van der Waals surface area contributed by atoms with E-state index < -0.39 is 0 Å². The summed E-state index contributed by atoms with van der Waals surface area (Å²) in [6.45, 7) is 8.48. The molecule has 0 saturated carbocycles. The molecule has 3 unspecified atom stereocenters. The average Bonchev–Trinajstić information content (AvgIpc) is 2.36. The maximum Gasteiger partial charge on any atom is 0.0112 e. The van der Waals surface area contributed by atoms with E-state index >= 15 is 0 Å². The van der Waals surface area contributed by atoms with E-state index in [-0.39, 0.29) is 0 Å². The number of hydrogen-bond acceptors (Lipinski definition) is 1. The van der Waals surface area contributed by atoms with Gasteiger partial charge in [-0.25, -0.2) is 0 Å². The van der Waals surface area contributed by atoms with Crippen LogP contribution in [0.25, 0.3) is 0 Å². The number of nitrogens with zero attached hydrogens (tertiary/aromatic N) is 1. The molecule has 0 N–H and O–H groups in total. The molecular weight excluding hydrogens is 286 g/mol. The van der Waals surface area contributed by atoms with E-state index in [1.54, 1.807) is 0 Å². The Morgan fingerprint density at radius 2 is 1.78 bits per heavy atom. The van der Waals surface area contributed by atoms with Crippen LogP contribution in [0.4, 0.5) is 0 Å². The number of rotatable bonds is 4. The number of hydrogen-bond donors (Lipinski definition) is 0. The van der Waals surface area contributed by atoms with E-state index in [4.69, 9.17) is 0 Å². The lowest BCUT2D eigenvalue weighted by Crippen LogP contribution is -2.41. The van der Waals surface area contributed by atoms with Crippen LogP contribution in [0.2, 0.25) is 0 Å². The molecule has 1 saturated heterocycles. The van der Waals surface area contributed by atoms with E-state index in [0.29, 0.717) is 5.92 Å². The Hall–Kier alpha value is -0.340. The molecule has 3 atom stereocenters. The van der Waals surface area contributed by atoms with Gasteiger partial charge in [-0.1, -0.05) is 60.1 Å². The molecule has 1 aliphatic heterocycles. The van der Waals surface area contributed by atoms with Crippen LogP contribution in [0.1, 0.15) is 31.7 Å². The van der Waals surface area contributed by atoms with Crippen LogP contribution >= 0.6 is 15.9 Å². The zero-order chi connectivity index (χ0) is 13.0. The highest BCUT2D eigenvalue weighted by Crippen LogP contribution is 2.25. The minimum Gasteiger partial charge on any atom is -0.302 e. The molecule has 0 aromatic heterocycles. The van der Waals surface area contributed by atoms with Gasteiger partial charge in [0.05, 0.1) is 0 Å². The van der Waals surface area contributed by atoms with Crippen molar-refractivity contribution in [1.29, 1.82) is 0 Å². The average molecular weight is 310 g/mol. The molecule has 1 aromatic carbocycles. The lowest BCUT2D eigenvalue weighted by molar-refractivity contribution is 0.136. The number of alkyl halides is 1. The second kappa shape index (κ2) is 6.72. The normalized spacial score (nSPS) is 27.1. The first-order chi connectivity index (χ1) is 8.69. The summed E-state index contributed by atoms with van der Waals surface area (Å²) in [7, 11) is 0. The van der Waals surface area contributed by atoms with Crippen molar-refractivity contribution < 1.29 is 0 Å². The highest BCUT2D eigenvalue weighted by Gasteiger charge is 2.24. The lowest BCUT2D eigenvalue weighted by atomic mass is 9.90. The number of piperidine rings is 1. The topological polar surface area (TPSA) is 3.24 Å². The van der Waals surface area contributed by atoms with Crippen molar-refractivity contribution in [2.75, 3.05) is 25.0 Å². The molecular formula is C16H24BrN. The third-order valence-electron chi connectivity index (χ3n) is 3.88. The fraction of sp³-hybridized carbons (Fsp3) is 0.625. The summed E-state index contributed by atoms with van der Waals surface area (Å²) >= 11 is 3.68. The summed E-state index contributed by atoms with van der Waals surface area (Å²) in [4.78, 5) is 2.65. The molecule has 0 bridgehead atoms. The third kappa shape index (κ3) is 3.83. The largest absolute Gasteiger partial charge is 0.302 e. The highest BCUT2D eigenvalue weighted by molar-refractivity contribution is 9.09. The predicted molar refractivity (Wildman–Crippen MR) is 82.4 cm³/mol. The minimum atomic E-state index is 0.615. The fourth-order valence-corrected chi connectivity index (χ4v) is 3.80. The molecule has 18 heavy (non-hydrogen) atoms. The van der Waals surface area contributed by atoms with Gasteiger partial charge in [0.25, 0.3) is 0 Å². The Kier molecular flexibility index (Phi) is 5.25. The van der Waals surface area contributed by atoms with Crippen LogP contribution in [0.5, 0.6) is 0 Å². The maximum atomic E-state index is 3.68. The Morgan fingerprint density at radius 3 is 2.33 bits per heavy atom. The van der Waals surface area contributed by atoms with Crippen LogP contribution in [0.3, 0.4) is 0 Å². The van der Waals surface area contributed by atoms with Gasteiger partial charge < -0.3 is 4.90 Å². The third-order valence-corrected chi connectivity index (χ3v) is 4.66. The first-order valence-corrected chi connectivity index (χ1v) is 8.14. The first kappa shape index (κ1) is 14.1. The predicted octanol–water partition coefficient (Wildman–Crippen LogP) is 4.14. The first-order valence-electron chi connectivity index (χ1n) is 7.02. The number of halogens is 1. The molecule has 100 valence electrons. The highest BCUT2D eigenvalue weighted by atomic mass is 79.9. The van der Waals surface area contributed by atoms with E-state index in [9.17, 15) is 0 Å². The monoisotopic (exact) mass is 309 g/mol. The Morgan fingerprint density at radius 1 is 1.17 bits per heavy atom. The van der Waals surface area contributed by atoms with Crippen molar-refractivity contribution in [1.82, 2.24) is 4.90 Å². The Labute approximate surface area is 120 Å². The zero-order valence-corrected chi connectivity index (χ0v) is 13.1. The quantitative estimate of drug-likeness (QED) is 0.755. The Bertz CT molecular complexity index is 341. The van der Waals surface area contributed by atoms with Gasteiger partial charge >= 0.3 is 0 Å². The fourth-order valence-electron chi connectivity index (χ4n) is 3.22. The van der Waals surface area contributed by atoms with E-state index in [1.807, 2.05) is 0 Å². The molecule has 1 nitrogen and oxygen atoms in total. The van der Waals surface area contributed by atoms with Gasteiger partial charge in [0, 0.05) is 30.9 Å². The van der Waals surface area contributed by atoms with Crippen LogP contribution in [-0.4, -0.2) is 29.9 Å². The van der Waals surface area contributed by atoms with Gasteiger partial charge in [-0.2, -0.15) is 0 Å². The van der Waals surface area contributed by atoms with Crippen LogP contribution < -0.4 is 0 Å². The van der Waals surface area contributed by atoms with Gasteiger partial charge in [-0.15, -0.1) is 0 Å². The number of likely N-dealkylation sites (tertiary alicyclic amines) is 1.